The molecule has 1 atom stereocenters. The Morgan fingerprint density at radius 3 is 2.55 bits per heavy atom. The van der Waals surface area contributed by atoms with Crippen LogP contribution in [0.3, 0.4) is 0 Å². The number of nitrogens with zero attached hydrogens (tertiary/aromatic N) is 1. The van der Waals surface area contributed by atoms with Crippen molar-refractivity contribution in [2.75, 3.05) is 10.2 Å². The summed E-state index contributed by atoms with van der Waals surface area (Å²) in [7, 11) is 0. The molecule has 1 aliphatic heterocycles. The van der Waals surface area contributed by atoms with Crippen LogP contribution in [0, 0.1) is 0 Å². The first kappa shape index (κ1) is 14.9. The van der Waals surface area contributed by atoms with Crippen LogP contribution >= 0.6 is 23.2 Å². The second kappa shape index (κ2) is 5.99. The lowest BCUT2D eigenvalue weighted by Gasteiger charge is -2.17. The first-order valence-electron chi connectivity index (χ1n) is 6.69. The van der Waals surface area contributed by atoms with Crippen molar-refractivity contribution in [3.63, 3.8) is 0 Å². The van der Waals surface area contributed by atoms with Crippen molar-refractivity contribution in [1.29, 1.82) is 0 Å². The van der Waals surface area contributed by atoms with Crippen LogP contribution in [0.15, 0.2) is 48.5 Å². The number of amides is 2. The Balaban J connectivity index is 1.84. The van der Waals surface area contributed by atoms with Crippen molar-refractivity contribution >= 4 is 46.4 Å². The number of anilines is 2. The second-order valence-electron chi connectivity index (χ2n) is 4.93. The quantitative estimate of drug-likeness (QED) is 0.870. The lowest BCUT2D eigenvalue weighted by Crippen LogP contribution is -2.35. The number of imide groups is 1. The van der Waals surface area contributed by atoms with Crippen LogP contribution in [-0.4, -0.2) is 17.9 Å². The lowest BCUT2D eigenvalue weighted by molar-refractivity contribution is -0.121. The van der Waals surface area contributed by atoms with E-state index in [9.17, 15) is 9.59 Å². The van der Waals surface area contributed by atoms with Crippen LogP contribution in [0.2, 0.25) is 10.0 Å². The molecule has 6 heteroatoms. The van der Waals surface area contributed by atoms with Crippen molar-refractivity contribution in [1.82, 2.24) is 0 Å². The van der Waals surface area contributed by atoms with Crippen LogP contribution < -0.4 is 10.2 Å². The molecule has 0 bridgehead atoms. The van der Waals surface area contributed by atoms with Crippen molar-refractivity contribution < 1.29 is 9.59 Å². The topological polar surface area (TPSA) is 49.4 Å². The Kier molecular flexibility index (Phi) is 4.05. The number of halogens is 2. The van der Waals surface area contributed by atoms with Gasteiger partial charge in [-0.3, -0.25) is 9.59 Å². The summed E-state index contributed by atoms with van der Waals surface area (Å²) in [5.41, 5.74) is 1.11. The second-order valence-corrected chi connectivity index (χ2v) is 5.77. The molecular formula is C16H12Cl2N2O2. The van der Waals surface area contributed by atoms with Gasteiger partial charge in [0.05, 0.1) is 17.1 Å². The van der Waals surface area contributed by atoms with E-state index in [4.69, 9.17) is 23.2 Å². The minimum absolute atomic E-state index is 0.0799. The standard InChI is InChI=1S/C16H12Cl2N2O2/c17-10-4-3-5-11(8-10)19-13-9-15(21)20(16(13)22)14-7-2-1-6-12(14)18/h1-8,13,19H,9H2. The molecule has 0 aliphatic carbocycles. The van der Waals surface area contributed by atoms with Crippen LogP contribution in [0.4, 0.5) is 11.4 Å². The third-order valence-electron chi connectivity index (χ3n) is 3.41. The highest BCUT2D eigenvalue weighted by Crippen LogP contribution is 2.30. The molecule has 1 aliphatic rings. The number of benzene rings is 2. The van der Waals surface area contributed by atoms with E-state index in [1.54, 1.807) is 48.5 Å². The first-order valence-corrected chi connectivity index (χ1v) is 7.45. The van der Waals surface area contributed by atoms with Gasteiger partial charge in [-0.05, 0) is 30.3 Å². The molecule has 2 aromatic carbocycles. The maximum Gasteiger partial charge on any atom is 0.256 e. The van der Waals surface area contributed by atoms with Gasteiger partial charge in [0.1, 0.15) is 6.04 Å². The van der Waals surface area contributed by atoms with Gasteiger partial charge in [-0.15, -0.1) is 0 Å². The summed E-state index contributed by atoms with van der Waals surface area (Å²) in [6, 6.07) is 13.2. The molecule has 1 unspecified atom stereocenters. The number of carbonyl (C=O) groups excluding carboxylic acids is 2. The zero-order chi connectivity index (χ0) is 15.7. The van der Waals surface area contributed by atoms with Crippen LogP contribution in [0.25, 0.3) is 0 Å². The van der Waals surface area contributed by atoms with E-state index in [0.717, 1.165) is 4.90 Å². The number of para-hydroxylation sites is 1. The van der Waals surface area contributed by atoms with Gasteiger partial charge in [-0.1, -0.05) is 41.4 Å². The molecular weight excluding hydrogens is 323 g/mol. The highest BCUT2D eigenvalue weighted by atomic mass is 35.5. The van der Waals surface area contributed by atoms with E-state index < -0.39 is 6.04 Å². The molecule has 0 spiro atoms. The van der Waals surface area contributed by atoms with E-state index in [2.05, 4.69) is 5.32 Å². The van der Waals surface area contributed by atoms with Crippen molar-refractivity contribution in [2.45, 2.75) is 12.5 Å². The van der Waals surface area contributed by atoms with Gasteiger partial charge in [0.25, 0.3) is 5.91 Å². The molecule has 22 heavy (non-hydrogen) atoms. The number of hydrogen-bond donors (Lipinski definition) is 1. The summed E-state index contributed by atoms with van der Waals surface area (Å²) in [5.74, 6) is -0.601. The van der Waals surface area contributed by atoms with Crippen LogP contribution in [-0.2, 0) is 9.59 Å². The van der Waals surface area contributed by atoms with Crippen molar-refractivity contribution in [2.24, 2.45) is 0 Å². The predicted octanol–water partition coefficient (Wildman–Crippen LogP) is 3.74. The molecule has 112 valence electrons. The number of nitrogens with one attached hydrogen (secondary N) is 1. The molecule has 2 amide bonds. The normalized spacial score (nSPS) is 17.9. The molecule has 2 aromatic rings. The Labute approximate surface area is 137 Å². The molecule has 1 saturated heterocycles. The zero-order valence-electron chi connectivity index (χ0n) is 11.4. The molecule has 3 rings (SSSR count). The van der Waals surface area contributed by atoms with Gasteiger partial charge < -0.3 is 5.32 Å². The monoisotopic (exact) mass is 334 g/mol. The third-order valence-corrected chi connectivity index (χ3v) is 3.96. The van der Waals surface area contributed by atoms with Gasteiger partial charge in [0, 0.05) is 10.7 Å². The molecule has 0 radical (unpaired) electrons. The Morgan fingerprint density at radius 1 is 1.05 bits per heavy atom. The Hall–Kier alpha value is -2.04. The molecule has 1 N–H and O–H groups in total. The average molecular weight is 335 g/mol. The summed E-state index contributed by atoms with van der Waals surface area (Å²) < 4.78 is 0. The minimum atomic E-state index is -0.623. The third kappa shape index (κ3) is 2.80. The molecule has 1 heterocycles. The van der Waals surface area contributed by atoms with E-state index >= 15 is 0 Å². The number of carbonyl (C=O) groups is 2. The molecule has 4 nitrogen and oxygen atoms in total. The van der Waals surface area contributed by atoms with Gasteiger partial charge >= 0.3 is 0 Å². The van der Waals surface area contributed by atoms with Gasteiger partial charge in [0.2, 0.25) is 5.91 Å². The Bertz CT molecular complexity index is 748. The van der Waals surface area contributed by atoms with Crippen LogP contribution in [0.5, 0.6) is 0 Å². The van der Waals surface area contributed by atoms with E-state index in [1.165, 1.54) is 0 Å². The summed E-state index contributed by atoms with van der Waals surface area (Å²) in [6.45, 7) is 0. The fourth-order valence-electron chi connectivity index (χ4n) is 2.41. The fourth-order valence-corrected chi connectivity index (χ4v) is 2.82. The average Bonchev–Trinajstić information content (AvgIpc) is 2.74. The maximum absolute atomic E-state index is 12.5. The Morgan fingerprint density at radius 2 is 1.82 bits per heavy atom. The molecule has 0 saturated carbocycles. The molecule has 0 aromatic heterocycles. The summed E-state index contributed by atoms with van der Waals surface area (Å²) in [4.78, 5) is 25.8. The lowest BCUT2D eigenvalue weighted by atomic mass is 10.2. The van der Waals surface area contributed by atoms with Gasteiger partial charge in [-0.2, -0.15) is 0 Å². The minimum Gasteiger partial charge on any atom is -0.373 e. The number of hydrogen-bond acceptors (Lipinski definition) is 3. The maximum atomic E-state index is 12.5. The van der Waals surface area contributed by atoms with Crippen LogP contribution in [0.1, 0.15) is 6.42 Å². The largest absolute Gasteiger partial charge is 0.373 e. The summed E-state index contributed by atoms with van der Waals surface area (Å²) in [6.07, 6.45) is 0.0799. The molecule has 1 fully saturated rings. The number of rotatable bonds is 3. The van der Waals surface area contributed by atoms with E-state index in [-0.39, 0.29) is 18.2 Å². The van der Waals surface area contributed by atoms with E-state index in [0.29, 0.717) is 21.4 Å². The fraction of sp³-hybridized carbons (Fsp3) is 0.125. The van der Waals surface area contributed by atoms with Gasteiger partial charge in [0.15, 0.2) is 0 Å². The van der Waals surface area contributed by atoms with Crippen molar-refractivity contribution in [3.8, 4) is 0 Å². The smallest absolute Gasteiger partial charge is 0.256 e. The summed E-state index contributed by atoms with van der Waals surface area (Å²) in [5, 5.41) is 3.97. The highest BCUT2D eigenvalue weighted by Gasteiger charge is 2.40. The van der Waals surface area contributed by atoms with Gasteiger partial charge in [-0.25, -0.2) is 4.90 Å². The zero-order valence-corrected chi connectivity index (χ0v) is 12.9. The van der Waals surface area contributed by atoms with Crippen molar-refractivity contribution in [3.05, 3.63) is 58.6 Å². The van der Waals surface area contributed by atoms with E-state index in [1.807, 2.05) is 0 Å². The summed E-state index contributed by atoms with van der Waals surface area (Å²) >= 11 is 12.0. The highest BCUT2D eigenvalue weighted by molar-refractivity contribution is 6.36. The predicted molar refractivity (Wildman–Crippen MR) is 87.4 cm³/mol. The first-order chi connectivity index (χ1) is 10.6. The SMILES string of the molecule is O=C1CC(Nc2cccc(Cl)c2)C(=O)N1c1ccccc1Cl.